The Hall–Kier alpha value is -3.26. The summed E-state index contributed by atoms with van der Waals surface area (Å²) >= 11 is 0. The summed E-state index contributed by atoms with van der Waals surface area (Å²) in [4.78, 5) is 12.1. The molecule has 0 fully saturated rings. The van der Waals surface area contributed by atoms with Gasteiger partial charge < -0.3 is 14.2 Å². The fourth-order valence-corrected chi connectivity index (χ4v) is 2.38. The molecule has 5 nitrogen and oxygen atoms in total. The van der Waals surface area contributed by atoms with Crippen LogP contribution in [0.5, 0.6) is 17.2 Å². The Kier molecular flexibility index (Phi) is 6.81. The molecule has 0 aliphatic rings. The molecule has 5 heteroatoms. The molecule has 0 saturated carbocycles. The van der Waals surface area contributed by atoms with Crippen LogP contribution in [0.25, 0.3) is 6.08 Å². The van der Waals surface area contributed by atoms with E-state index in [1.807, 2.05) is 30.3 Å². The first-order valence-electron chi connectivity index (χ1n) is 8.21. The fraction of sp³-hybridized carbons (Fsp3) is 0.238. The van der Waals surface area contributed by atoms with Crippen LogP contribution in [0.2, 0.25) is 0 Å². The lowest BCUT2D eigenvalue weighted by Gasteiger charge is -2.14. The third kappa shape index (κ3) is 5.12. The van der Waals surface area contributed by atoms with E-state index < -0.39 is 5.97 Å². The van der Waals surface area contributed by atoms with Crippen LogP contribution in [-0.4, -0.2) is 19.7 Å². The highest BCUT2D eigenvalue weighted by atomic mass is 16.6. The van der Waals surface area contributed by atoms with Crippen molar-refractivity contribution >= 4 is 12.0 Å². The van der Waals surface area contributed by atoms with Crippen LogP contribution in [0.4, 0.5) is 0 Å². The lowest BCUT2D eigenvalue weighted by molar-refractivity contribution is -0.136. The van der Waals surface area contributed by atoms with E-state index >= 15 is 0 Å². The van der Waals surface area contributed by atoms with Crippen LogP contribution in [-0.2, 0) is 4.79 Å². The standard InChI is InChI=1S/C21H21NO4/c1-15(2)17-8-4-5-9-18(17)25-14-21(23)26-19-11-10-16(7-6-12-22)13-20(19)24-3/h4-11,13,15H,14H2,1-3H3/b7-6-. The van der Waals surface area contributed by atoms with Gasteiger partial charge in [-0.3, -0.25) is 0 Å². The average Bonchev–Trinajstić information content (AvgIpc) is 2.65. The molecule has 0 spiro atoms. The van der Waals surface area contributed by atoms with E-state index in [9.17, 15) is 4.79 Å². The number of rotatable bonds is 7. The summed E-state index contributed by atoms with van der Waals surface area (Å²) in [5.74, 6) is 1.13. The Labute approximate surface area is 153 Å². The number of nitriles is 1. The van der Waals surface area contributed by atoms with Crippen molar-refractivity contribution in [2.75, 3.05) is 13.7 Å². The summed E-state index contributed by atoms with van der Waals surface area (Å²) in [6.45, 7) is 3.92. The number of benzene rings is 2. The Morgan fingerprint density at radius 2 is 1.92 bits per heavy atom. The predicted molar refractivity (Wildman–Crippen MR) is 99.3 cm³/mol. The first kappa shape index (κ1) is 19.1. The largest absolute Gasteiger partial charge is 0.493 e. The third-order valence-corrected chi connectivity index (χ3v) is 3.65. The summed E-state index contributed by atoms with van der Waals surface area (Å²) in [5, 5.41) is 8.58. The van der Waals surface area contributed by atoms with E-state index in [-0.39, 0.29) is 12.5 Å². The van der Waals surface area contributed by atoms with Crippen molar-refractivity contribution in [1.82, 2.24) is 0 Å². The highest BCUT2D eigenvalue weighted by Crippen LogP contribution is 2.29. The summed E-state index contributed by atoms with van der Waals surface area (Å²) in [6, 6.07) is 14.6. The summed E-state index contributed by atoms with van der Waals surface area (Å²) in [5.41, 5.74) is 1.80. The van der Waals surface area contributed by atoms with Crippen LogP contribution >= 0.6 is 0 Å². The van der Waals surface area contributed by atoms with E-state index in [0.29, 0.717) is 17.2 Å². The molecule has 2 aromatic rings. The second-order valence-corrected chi connectivity index (χ2v) is 5.83. The normalized spacial score (nSPS) is 10.6. The number of nitrogens with zero attached hydrogens (tertiary/aromatic N) is 1. The van der Waals surface area contributed by atoms with Gasteiger partial charge in [0.25, 0.3) is 0 Å². The van der Waals surface area contributed by atoms with Crippen molar-refractivity contribution in [3.63, 3.8) is 0 Å². The van der Waals surface area contributed by atoms with Crippen LogP contribution in [0.3, 0.4) is 0 Å². The molecule has 2 rings (SSSR count). The highest BCUT2D eigenvalue weighted by molar-refractivity contribution is 5.75. The molecule has 0 aromatic heterocycles. The molecule has 2 aromatic carbocycles. The van der Waals surface area contributed by atoms with Gasteiger partial charge in [-0.1, -0.05) is 38.1 Å². The van der Waals surface area contributed by atoms with Gasteiger partial charge in [-0.25, -0.2) is 4.79 Å². The minimum atomic E-state index is -0.526. The lowest BCUT2D eigenvalue weighted by atomic mass is 10.0. The number of hydrogen-bond donors (Lipinski definition) is 0. The smallest absolute Gasteiger partial charge is 0.349 e. The molecule has 26 heavy (non-hydrogen) atoms. The molecule has 0 bridgehead atoms. The van der Waals surface area contributed by atoms with Gasteiger partial charge in [-0.05, 0) is 41.3 Å². The molecule has 0 amide bonds. The van der Waals surface area contributed by atoms with Crippen molar-refractivity contribution in [3.8, 4) is 23.3 Å². The van der Waals surface area contributed by atoms with Crippen LogP contribution in [0.15, 0.2) is 48.5 Å². The van der Waals surface area contributed by atoms with Gasteiger partial charge in [0, 0.05) is 6.08 Å². The van der Waals surface area contributed by atoms with E-state index in [2.05, 4.69) is 13.8 Å². The van der Waals surface area contributed by atoms with Gasteiger partial charge in [0.1, 0.15) is 5.75 Å². The van der Waals surface area contributed by atoms with Gasteiger partial charge in [0.2, 0.25) is 0 Å². The number of carbonyl (C=O) groups is 1. The zero-order chi connectivity index (χ0) is 18.9. The van der Waals surface area contributed by atoms with Crippen molar-refractivity contribution in [3.05, 3.63) is 59.7 Å². The highest BCUT2D eigenvalue weighted by Gasteiger charge is 2.13. The van der Waals surface area contributed by atoms with Gasteiger partial charge in [0.05, 0.1) is 13.2 Å². The summed E-state index contributed by atoms with van der Waals surface area (Å²) < 4.78 is 16.2. The quantitative estimate of drug-likeness (QED) is 0.422. The molecule has 0 atom stereocenters. The molecule has 0 unspecified atom stereocenters. The summed E-state index contributed by atoms with van der Waals surface area (Å²) in [6.07, 6.45) is 3.00. The van der Waals surface area contributed by atoms with E-state index in [4.69, 9.17) is 19.5 Å². The molecule has 0 aliphatic carbocycles. The zero-order valence-corrected chi connectivity index (χ0v) is 15.1. The van der Waals surface area contributed by atoms with Crippen molar-refractivity contribution < 1.29 is 19.0 Å². The number of ether oxygens (including phenoxy) is 3. The van der Waals surface area contributed by atoms with Gasteiger partial charge in [-0.15, -0.1) is 0 Å². The van der Waals surface area contributed by atoms with Crippen molar-refractivity contribution in [2.45, 2.75) is 19.8 Å². The molecule has 0 aliphatic heterocycles. The molecule has 0 N–H and O–H groups in total. The number of esters is 1. The average molecular weight is 351 g/mol. The fourth-order valence-electron chi connectivity index (χ4n) is 2.38. The second kappa shape index (κ2) is 9.28. The number of methoxy groups -OCH3 is 1. The van der Waals surface area contributed by atoms with Crippen molar-refractivity contribution in [1.29, 1.82) is 5.26 Å². The number of hydrogen-bond acceptors (Lipinski definition) is 5. The SMILES string of the molecule is COc1cc(/C=C\C#N)ccc1OC(=O)COc1ccccc1C(C)C. The van der Waals surface area contributed by atoms with Crippen LogP contribution < -0.4 is 14.2 Å². The number of allylic oxidation sites excluding steroid dienone is 1. The zero-order valence-electron chi connectivity index (χ0n) is 15.1. The molecule has 0 saturated heterocycles. The number of carbonyl (C=O) groups excluding carboxylic acids is 1. The molecular weight excluding hydrogens is 330 g/mol. The van der Waals surface area contributed by atoms with Gasteiger partial charge in [0.15, 0.2) is 18.1 Å². The number of para-hydroxylation sites is 1. The topological polar surface area (TPSA) is 68.5 Å². The molecule has 134 valence electrons. The maximum atomic E-state index is 12.1. The third-order valence-electron chi connectivity index (χ3n) is 3.65. The van der Waals surface area contributed by atoms with E-state index in [1.54, 1.807) is 24.3 Å². The second-order valence-electron chi connectivity index (χ2n) is 5.83. The lowest BCUT2D eigenvalue weighted by Crippen LogP contribution is -2.18. The Balaban J connectivity index is 2.04. The molecule has 0 heterocycles. The molecular formula is C21H21NO4. The van der Waals surface area contributed by atoms with Crippen LogP contribution in [0, 0.1) is 11.3 Å². The Morgan fingerprint density at radius 1 is 1.15 bits per heavy atom. The van der Waals surface area contributed by atoms with E-state index in [1.165, 1.54) is 13.2 Å². The van der Waals surface area contributed by atoms with Gasteiger partial charge in [-0.2, -0.15) is 5.26 Å². The maximum Gasteiger partial charge on any atom is 0.349 e. The Bertz CT molecular complexity index is 834. The van der Waals surface area contributed by atoms with Crippen molar-refractivity contribution in [2.24, 2.45) is 0 Å². The van der Waals surface area contributed by atoms with Gasteiger partial charge >= 0.3 is 5.97 Å². The first-order valence-corrected chi connectivity index (χ1v) is 8.21. The maximum absolute atomic E-state index is 12.1. The first-order chi connectivity index (χ1) is 12.5. The minimum Gasteiger partial charge on any atom is -0.493 e. The minimum absolute atomic E-state index is 0.205. The molecule has 0 radical (unpaired) electrons. The summed E-state index contributed by atoms with van der Waals surface area (Å²) in [7, 11) is 1.49. The van der Waals surface area contributed by atoms with E-state index in [0.717, 1.165) is 11.1 Å². The predicted octanol–water partition coefficient (Wildman–Crippen LogP) is 4.34. The van der Waals surface area contributed by atoms with Crippen LogP contribution in [0.1, 0.15) is 30.9 Å². The Morgan fingerprint density at radius 3 is 2.62 bits per heavy atom. The monoisotopic (exact) mass is 351 g/mol.